The van der Waals surface area contributed by atoms with Crippen LogP contribution < -0.4 is 0 Å². The van der Waals surface area contributed by atoms with Crippen LogP contribution in [0.4, 0.5) is 104 Å². The zero-order chi connectivity index (χ0) is 27.0. The van der Waals surface area contributed by atoms with Crippen molar-refractivity contribution in [1.82, 2.24) is 0 Å². The average molecular weight is 759 g/mol. The Hall–Kier alpha value is -0.238. The fourth-order valence-electron chi connectivity index (χ4n) is 0. The molecule has 0 N–H and O–H groups in total. The summed E-state index contributed by atoms with van der Waals surface area (Å²) in [6, 6.07) is 0. The molecule has 0 saturated heterocycles. The van der Waals surface area contributed by atoms with E-state index in [1.54, 1.807) is 0 Å². The zero-order valence-electron chi connectivity index (χ0n) is 13.0. The molecule has 0 saturated carbocycles. The van der Waals surface area contributed by atoms with Crippen LogP contribution in [-0.2, 0) is 0 Å². The van der Waals surface area contributed by atoms with Crippen LogP contribution in [0.15, 0.2) is 0 Å². The second kappa shape index (κ2) is 19.3. The molecular formula is B6F24U-6. The number of hydrogen-bond donors (Lipinski definition) is 0. The number of rotatable bonds is 0. The van der Waals surface area contributed by atoms with Crippen LogP contribution in [0.1, 0.15) is 0 Å². The fraction of sp³-hybridized carbons (Fsp3) is 0. The van der Waals surface area contributed by atoms with Gasteiger partial charge in [-0.2, -0.15) is 0 Å². The molecule has 0 spiro atoms. The summed E-state index contributed by atoms with van der Waals surface area (Å²) in [5.41, 5.74) is 0. The van der Waals surface area contributed by atoms with Gasteiger partial charge < -0.3 is 104 Å². The minimum absolute atomic E-state index is 0. The minimum Gasteiger partial charge on any atom is -0.418 e. The van der Waals surface area contributed by atoms with Crippen molar-refractivity contribution >= 4 is 43.5 Å². The van der Waals surface area contributed by atoms with Gasteiger partial charge in [0.15, 0.2) is 0 Å². The number of halogens is 24. The van der Waals surface area contributed by atoms with Crippen LogP contribution in [0.25, 0.3) is 0 Å². The molecule has 0 bridgehead atoms. The molecule has 0 heterocycles. The maximum atomic E-state index is 9.75. The van der Waals surface area contributed by atoms with Crippen LogP contribution in [0.3, 0.4) is 0 Å². The predicted molar refractivity (Wildman–Crippen MR) is 61.1 cm³/mol. The summed E-state index contributed by atoms with van der Waals surface area (Å²) >= 11 is 0. The first-order valence-corrected chi connectivity index (χ1v) is 5.24. The largest absolute Gasteiger partial charge is 0.673 e. The van der Waals surface area contributed by atoms with Crippen LogP contribution in [-0.4, -0.2) is 43.5 Å². The van der Waals surface area contributed by atoms with E-state index in [0.717, 1.165) is 0 Å². The van der Waals surface area contributed by atoms with Crippen molar-refractivity contribution in [3.63, 3.8) is 0 Å². The molecule has 0 amide bonds. The van der Waals surface area contributed by atoms with Crippen LogP contribution in [0.2, 0.25) is 0 Å². The molecule has 0 aliphatic heterocycles. The summed E-state index contributed by atoms with van der Waals surface area (Å²) in [5, 5.41) is 0. The van der Waals surface area contributed by atoms with Gasteiger partial charge in [0, 0.05) is 31.1 Å². The molecule has 0 aliphatic rings. The second-order valence-electron chi connectivity index (χ2n) is 2.97. The third kappa shape index (κ3) is 403000. The summed E-state index contributed by atoms with van der Waals surface area (Å²) in [5.74, 6) is 0. The molecule has 0 nitrogen and oxygen atoms in total. The Morgan fingerprint density at radius 1 is 0.161 bits per heavy atom. The van der Waals surface area contributed by atoms with Gasteiger partial charge in [-0.05, 0) is 0 Å². The van der Waals surface area contributed by atoms with Gasteiger partial charge in [-0.1, -0.05) is 0 Å². The first-order valence-electron chi connectivity index (χ1n) is 5.24. The minimum atomic E-state index is -6.00. The third-order valence-corrected chi connectivity index (χ3v) is 0. The van der Waals surface area contributed by atoms with Crippen LogP contribution >= 0.6 is 0 Å². The zero-order valence-corrected chi connectivity index (χ0v) is 17.2. The van der Waals surface area contributed by atoms with Gasteiger partial charge in [0.05, 0.1) is 0 Å². The smallest absolute Gasteiger partial charge is 0.418 e. The standard InChI is InChI=1S/6BF4.U/c6*2-1(3,4)5;/q6*-1;. The van der Waals surface area contributed by atoms with Crippen molar-refractivity contribution < 1.29 is 135 Å². The molecule has 0 aromatic heterocycles. The van der Waals surface area contributed by atoms with Crippen molar-refractivity contribution in [3.05, 3.63) is 0 Å². The molecule has 0 fully saturated rings. The molecule has 196 valence electrons. The van der Waals surface area contributed by atoms with Crippen LogP contribution in [0.5, 0.6) is 0 Å². The Balaban J connectivity index is -0.0000000443. The topological polar surface area (TPSA) is 0 Å². The SMILES string of the molecule is F[B-](F)(F)F.F[B-](F)(F)F.F[B-](F)(F)F.F[B-](F)(F)F.F[B-](F)(F)F.F[B-](F)(F)F.[U]. The van der Waals surface area contributed by atoms with Crippen molar-refractivity contribution in [2.75, 3.05) is 0 Å². The molecule has 0 aliphatic carbocycles. The van der Waals surface area contributed by atoms with Gasteiger partial charge in [-0.3, -0.25) is 0 Å². The Bertz CT molecular complexity index is 214. The summed E-state index contributed by atoms with van der Waals surface area (Å²) in [6.45, 7) is 0. The Kier molecular flexibility index (Phi) is 30.0. The predicted octanol–water partition coefficient (Wildman–Crippen LogP) is 7.80. The van der Waals surface area contributed by atoms with E-state index in [9.17, 15) is 104 Å². The van der Waals surface area contributed by atoms with E-state index < -0.39 is 43.5 Å². The van der Waals surface area contributed by atoms with Gasteiger partial charge in [-0.25, -0.2) is 0 Å². The van der Waals surface area contributed by atoms with Gasteiger partial charge in [-0.15, -0.1) is 0 Å². The summed E-state index contributed by atoms with van der Waals surface area (Å²) < 4.78 is 234. The first kappa shape index (κ1) is 48.3. The Morgan fingerprint density at radius 2 is 0.161 bits per heavy atom. The molecule has 0 radical (unpaired) electrons. The maximum absolute atomic E-state index is 9.75. The molecule has 0 atom stereocenters. The summed E-state index contributed by atoms with van der Waals surface area (Å²) in [4.78, 5) is 0. The van der Waals surface area contributed by atoms with Gasteiger partial charge >= 0.3 is 43.5 Å². The van der Waals surface area contributed by atoms with Crippen molar-refractivity contribution in [2.24, 2.45) is 0 Å². The van der Waals surface area contributed by atoms with E-state index in [-0.39, 0.29) is 31.1 Å². The van der Waals surface area contributed by atoms with E-state index in [0.29, 0.717) is 0 Å². The quantitative estimate of drug-likeness (QED) is 0.175. The fourth-order valence-corrected chi connectivity index (χ4v) is 0. The van der Waals surface area contributed by atoms with Gasteiger partial charge in [0.2, 0.25) is 0 Å². The van der Waals surface area contributed by atoms with E-state index in [2.05, 4.69) is 0 Å². The first-order chi connectivity index (χ1) is 12.0. The Labute approximate surface area is 178 Å². The maximum Gasteiger partial charge on any atom is 0.673 e. The van der Waals surface area contributed by atoms with Gasteiger partial charge in [0.1, 0.15) is 0 Å². The molecule has 0 rings (SSSR count). The van der Waals surface area contributed by atoms with Crippen molar-refractivity contribution in [3.8, 4) is 0 Å². The van der Waals surface area contributed by atoms with Crippen LogP contribution in [0, 0.1) is 31.1 Å². The molecule has 31 heteroatoms. The second-order valence-corrected chi connectivity index (χ2v) is 2.97. The van der Waals surface area contributed by atoms with Crippen molar-refractivity contribution in [2.45, 2.75) is 0 Å². The van der Waals surface area contributed by atoms with Crippen molar-refractivity contribution in [1.29, 1.82) is 0 Å². The number of hydrogen-bond acceptors (Lipinski definition) is 0. The molecular weight excluding hydrogens is 759 g/mol. The molecule has 0 unspecified atom stereocenters. The van der Waals surface area contributed by atoms with E-state index in [1.165, 1.54) is 0 Å². The molecule has 31 heavy (non-hydrogen) atoms. The van der Waals surface area contributed by atoms with E-state index in [4.69, 9.17) is 0 Å². The third-order valence-electron chi connectivity index (χ3n) is 0. The molecule has 0 aromatic rings. The Morgan fingerprint density at radius 3 is 0.161 bits per heavy atom. The monoisotopic (exact) mass is 760 g/mol. The van der Waals surface area contributed by atoms with E-state index >= 15 is 0 Å². The van der Waals surface area contributed by atoms with Gasteiger partial charge in [0.25, 0.3) is 0 Å². The van der Waals surface area contributed by atoms with E-state index in [1.807, 2.05) is 0 Å². The summed E-state index contributed by atoms with van der Waals surface area (Å²) in [6.07, 6.45) is 0. The average Bonchev–Trinajstić information content (AvgIpc) is 1.94. The molecule has 0 aromatic carbocycles. The summed E-state index contributed by atoms with van der Waals surface area (Å²) in [7, 11) is -36.0. The normalized spacial score (nSPS) is 11.6.